The fraction of sp³-hybridized carbons (Fsp3) is 0.478. The minimum atomic E-state index is -0.0876. The average molecular weight is 454 g/mol. The Morgan fingerprint density at radius 3 is 2.70 bits per heavy atom. The number of aromatic nitrogens is 4. The van der Waals surface area contributed by atoms with Gasteiger partial charge < -0.3 is 19.5 Å². The Morgan fingerprint density at radius 1 is 1.15 bits per heavy atom. The fourth-order valence-electron chi connectivity index (χ4n) is 3.74. The first-order valence-electron chi connectivity index (χ1n) is 11.3. The fourth-order valence-corrected chi connectivity index (χ4v) is 3.74. The van der Waals surface area contributed by atoms with Crippen molar-refractivity contribution < 1.29 is 14.1 Å². The third-order valence-corrected chi connectivity index (χ3v) is 5.71. The Hall–Kier alpha value is -3.24. The highest BCUT2D eigenvalue weighted by atomic mass is 16.5. The zero-order valence-electron chi connectivity index (χ0n) is 19.2. The Balaban J connectivity index is 1.16. The van der Waals surface area contributed by atoms with Gasteiger partial charge in [0.2, 0.25) is 11.7 Å². The molecule has 10 nitrogen and oxygen atoms in total. The number of rotatable bonds is 9. The van der Waals surface area contributed by atoms with Crippen molar-refractivity contribution in [2.75, 3.05) is 51.8 Å². The van der Waals surface area contributed by atoms with E-state index in [1.165, 1.54) is 5.56 Å². The standard InChI is InChI=1S/C23H31N7O3/c1-18-5-7-19(8-6-18)22-26-21(33-27-22)4-3-9-28-10-12-29(13-11-28)23(31)25-20-16-24-30(17-20)14-15-32-2/h5-8,16-17H,3-4,9-15H2,1-2H3,(H,25,31). The van der Waals surface area contributed by atoms with Crippen LogP contribution in [0, 0.1) is 6.92 Å². The molecule has 1 saturated heterocycles. The van der Waals surface area contributed by atoms with E-state index in [0.717, 1.165) is 38.0 Å². The largest absolute Gasteiger partial charge is 0.383 e. The highest BCUT2D eigenvalue weighted by Gasteiger charge is 2.21. The number of nitrogens with one attached hydrogen (secondary N) is 1. The summed E-state index contributed by atoms with van der Waals surface area (Å²) in [5.74, 6) is 1.29. The minimum Gasteiger partial charge on any atom is -0.383 e. The van der Waals surface area contributed by atoms with Gasteiger partial charge in [0.1, 0.15) is 0 Å². The first kappa shape index (κ1) is 22.9. The highest BCUT2D eigenvalue weighted by Crippen LogP contribution is 2.17. The monoisotopic (exact) mass is 453 g/mol. The number of amides is 2. The molecule has 3 aromatic rings. The molecule has 3 heterocycles. The Labute approximate surface area is 193 Å². The Kier molecular flexibility index (Phi) is 7.69. The molecular formula is C23H31N7O3. The van der Waals surface area contributed by atoms with E-state index in [1.54, 1.807) is 18.0 Å². The van der Waals surface area contributed by atoms with Crippen LogP contribution >= 0.6 is 0 Å². The quantitative estimate of drug-likeness (QED) is 0.531. The zero-order chi connectivity index (χ0) is 23.0. The van der Waals surface area contributed by atoms with Crippen LogP contribution in [0.1, 0.15) is 17.9 Å². The molecule has 0 aliphatic carbocycles. The number of methoxy groups -OCH3 is 1. The number of urea groups is 1. The van der Waals surface area contributed by atoms with Gasteiger partial charge in [-0.3, -0.25) is 9.58 Å². The molecular weight excluding hydrogens is 422 g/mol. The molecule has 10 heteroatoms. The average Bonchev–Trinajstić information content (AvgIpc) is 3.48. The summed E-state index contributed by atoms with van der Waals surface area (Å²) in [6.07, 6.45) is 5.15. The van der Waals surface area contributed by atoms with Crippen LogP contribution in [0.25, 0.3) is 11.4 Å². The number of hydrogen-bond acceptors (Lipinski definition) is 7. The predicted molar refractivity (Wildman–Crippen MR) is 124 cm³/mol. The molecule has 1 N–H and O–H groups in total. The van der Waals surface area contributed by atoms with Crippen molar-refractivity contribution in [2.45, 2.75) is 26.3 Å². The summed E-state index contributed by atoms with van der Waals surface area (Å²) in [4.78, 5) is 21.3. The molecule has 1 aliphatic rings. The summed E-state index contributed by atoms with van der Waals surface area (Å²) >= 11 is 0. The summed E-state index contributed by atoms with van der Waals surface area (Å²) in [5.41, 5.74) is 2.87. The lowest BCUT2D eigenvalue weighted by molar-refractivity contribution is 0.146. The van der Waals surface area contributed by atoms with Crippen LogP contribution in [0.15, 0.2) is 41.2 Å². The van der Waals surface area contributed by atoms with E-state index >= 15 is 0 Å². The van der Waals surface area contributed by atoms with E-state index in [9.17, 15) is 4.79 Å². The number of benzene rings is 1. The molecule has 2 amide bonds. The van der Waals surface area contributed by atoms with Gasteiger partial charge in [0, 0.05) is 51.5 Å². The van der Waals surface area contributed by atoms with Crippen molar-refractivity contribution in [1.82, 2.24) is 29.7 Å². The van der Waals surface area contributed by atoms with E-state index in [2.05, 4.69) is 32.4 Å². The second kappa shape index (κ2) is 11.1. The van der Waals surface area contributed by atoms with Crippen LogP contribution in [0.4, 0.5) is 10.5 Å². The maximum Gasteiger partial charge on any atom is 0.322 e. The van der Waals surface area contributed by atoms with Crippen LogP contribution in [0.3, 0.4) is 0 Å². The van der Waals surface area contributed by atoms with Gasteiger partial charge in [-0.15, -0.1) is 0 Å². The lowest BCUT2D eigenvalue weighted by Gasteiger charge is -2.34. The minimum absolute atomic E-state index is 0.0876. The van der Waals surface area contributed by atoms with E-state index in [1.807, 2.05) is 35.4 Å². The number of nitrogens with zero attached hydrogens (tertiary/aromatic N) is 6. The van der Waals surface area contributed by atoms with E-state index < -0.39 is 0 Å². The second-order valence-electron chi connectivity index (χ2n) is 8.23. The summed E-state index contributed by atoms with van der Waals surface area (Å²) in [7, 11) is 1.65. The molecule has 0 saturated carbocycles. The number of ether oxygens (including phenoxy) is 1. The van der Waals surface area contributed by atoms with Gasteiger partial charge in [0.25, 0.3) is 0 Å². The van der Waals surface area contributed by atoms with E-state index in [-0.39, 0.29) is 6.03 Å². The van der Waals surface area contributed by atoms with Gasteiger partial charge in [0.05, 0.1) is 25.0 Å². The molecule has 1 aliphatic heterocycles. The smallest absolute Gasteiger partial charge is 0.322 e. The molecule has 0 radical (unpaired) electrons. The molecule has 176 valence electrons. The van der Waals surface area contributed by atoms with Crippen molar-refractivity contribution in [3.63, 3.8) is 0 Å². The van der Waals surface area contributed by atoms with Gasteiger partial charge in [-0.1, -0.05) is 35.0 Å². The first-order chi connectivity index (χ1) is 16.1. The van der Waals surface area contributed by atoms with Gasteiger partial charge in [0.15, 0.2) is 0 Å². The predicted octanol–water partition coefficient (Wildman–Crippen LogP) is 2.67. The zero-order valence-corrected chi connectivity index (χ0v) is 19.2. The van der Waals surface area contributed by atoms with Crippen LogP contribution in [0.5, 0.6) is 0 Å². The second-order valence-corrected chi connectivity index (χ2v) is 8.23. The third kappa shape index (κ3) is 6.39. The van der Waals surface area contributed by atoms with Gasteiger partial charge in [-0.05, 0) is 19.9 Å². The van der Waals surface area contributed by atoms with Crippen molar-refractivity contribution in [1.29, 1.82) is 0 Å². The van der Waals surface area contributed by atoms with Crippen LogP contribution in [0.2, 0.25) is 0 Å². The highest BCUT2D eigenvalue weighted by molar-refractivity contribution is 5.89. The first-order valence-corrected chi connectivity index (χ1v) is 11.3. The summed E-state index contributed by atoms with van der Waals surface area (Å²) < 4.78 is 12.2. The van der Waals surface area contributed by atoms with E-state index in [0.29, 0.717) is 43.6 Å². The Bertz CT molecular complexity index is 1020. The van der Waals surface area contributed by atoms with Crippen molar-refractivity contribution in [3.05, 3.63) is 48.1 Å². The number of aryl methyl sites for hydroxylation is 2. The molecule has 1 fully saturated rings. The van der Waals surface area contributed by atoms with Crippen molar-refractivity contribution in [2.24, 2.45) is 0 Å². The van der Waals surface area contributed by atoms with Crippen LogP contribution in [-0.2, 0) is 17.7 Å². The maximum atomic E-state index is 12.5. The molecule has 1 aromatic carbocycles. The molecule has 2 aromatic heterocycles. The molecule has 0 bridgehead atoms. The van der Waals surface area contributed by atoms with Crippen molar-refractivity contribution in [3.8, 4) is 11.4 Å². The lowest BCUT2D eigenvalue weighted by atomic mass is 10.1. The van der Waals surface area contributed by atoms with E-state index in [4.69, 9.17) is 9.26 Å². The number of hydrogen-bond donors (Lipinski definition) is 1. The lowest BCUT2D eigenvalue weighted by Crippen LogP contribution is -2.50. The maximum absolute atomic E-state index is 12.5. The van der Waals surface area contributed by atoms with Crippen molar-refractivity contribution >= 4 is 11.7 Å². The molecule has 33 heavy (non-hydrogen) atoms. The van der Waals surface area contributed by atoms with Crippen LogP contribution in [-0.4, -0.2) is 82.2 Å². The Morgan fingerprint density at radius 2 is 1.94 bits per heavy atom. The molecule has 0 unspecified atom stereocenters. The van der Waals surface area contributed by atoms with Crippen LogP contribution < -0.4 is 5.32 Å². The summed E-state index contributed by atoms with van der Waals surface area (Å²) in [6, 6.07) is 8.01. The SMILES string of the molecule is COCCn1cc(NC(=O)N2CCN(CCCc3nc(-c4ccc(C)cc4)no3)CC2)cn1. The number of anilines is 1. The summed E-state index contributed by atoms with van der Waals surface area (Å²) in [6.45, 7) is 7.31. The summed E-state index contributed by atoms with van der Waals surface area (Å²) in [5, 5.41) is 11.2. The molecule has 0 spiro atoms. The molecule has 0 atom stereocenters. The van der Waals surface area contributed by atoms with Gasteiger partial charge in [-0.25, -0.2) is 4.79 Å². The molecule has 4 rings (SSSR count). The number of piperazine rings is 1. The topological polar surface area (TPSA) is 102 Å². The normalized spacial score (nSPS) is 14.5. The number of carbonyl (C=O) groups is 1. The third-order valence-electron chi connectivity index (χ3n) is 5.71. The van der Waals surface area contributed by atoms with Gasteiger partial charge >= 0.3 is 6.03 Å². The number of carbonyl (C=O) groups excluding carboxylic acids is 1. The van der Waals surface area contributed by atoms with Gasteiger partial charge in [-0.2, -0.15) is 10.1 Å².